The average Bonchev–Trinajstić information content (AvgIpc) is 2.65. The first kappa shape index (κ1) is 13.6. The van der Waals surface area contributed by atoms with Gasteiger partial charge in [-0.15, -0.1) is 0 Å². The van der Waals surface area contributed by atoms with Gasteiger partial charge in [-0.3, -0.25) is 9.69 Å². The van der Waals surface area contributed by atoms with Crippen LogP contribution in [0.15, 0.2) is 24.3 Å². The van der Waals surface area contributed by atoms with Gasteiger partial charge in [-0.1, -0.05) is 23.7 Å². The highest BCUT2D eigenvalue weighted by atomic mass is 35.5. The van der Waals surface area contributed by atoms with Gasteiger partial charge in [0.15, 0.2) is 5.78 Å². The molecule has 0 unspecified atom stereocenters. The summed E-state index contributed by atoms with van der Waals surface area (Å²) in [7, 11) is 0. The Kier molecular flexibility index (Phi) is 4.08. The van der Waals surface area contributed by atoms with Crippen LogP contribution in [0, 0.1) is 0 Å². The van der Waals surface area contributed by atoms with Crippen molar-refractivity contribution in [2.45, 2.75) is 38.6 Å². The van der Waals surface area contributed by atoms with Gasteiger partial charge in [-0.2, -0.15) is 0 Å². The van der Waals surface area contributed by atoms with E-state index in [4.69, 9.17) is 11.6 Å². The first-order valence-corrected chi connectivity index (χ1v) is 6.91. The van der Waals surface area contributed by atoms with Gasteiger partial charge < -0.3 is 0 Å². The quantitative estimate of drug-likeness (QED) is 0.772. The summed E-state index contributed by atoms with van der Waals surface area (Å²) >= 11 is 5.90. The van der Waals surface area contributed by atoms with Gasteiger partial charge in [0.1, 0.15) is 0 Å². The molecule has 1 fully saturated rings. The third-order valence-corrected chi connectivity index (χ3v) is 4.06. The molecule has 0 amide bonds. The second kappa shape index (κ2) is 5.41. The predicted molar refractivity (Wildman–Crippen MR) is 75.3 cm³/mol. The van der Waals surface area contributed by atoms with E-state index in [1.807, 2.05) is 12.1 Å². The number of nitrogens with zero attached hydrogens (tertiary/aromatic N) is 1. The fraction of sp³-hybridized carbons (Fsp3) is 0.533. The van der Waals surface area contributed by atoms with Crippen LogP contribution in [0.1, 0.15) is 43.5 Å². The van der Waals surface area contributed by atoms with Crippen molar-refractivity contribution in [2.75, 3.05) is 13.1 Å². The van der Waals surface area contributed by atoms with Crippen molar-refractivity contribution in [3.8, 4) is 0 Å². The van der Waals surface area contributed by atoms with Crippen molar-refractivity contribution in [1.82, 2.24) is 4.90 Å². The number of benzene rings is 1. The molecule has 1 aromatic rings. The fourth-order valence-electron chi connectivity index (χ4n) is 2.62. The number of likely N-dealkylation sites (tertiary alicyclic amines) is 1. The average molecular weight is 266 g/mol. The number of Topliss-reactive ketones (excluding diaryl/α,β-unsaturated/α-hetero) is 1. The van der Waals surface area contributed by atoms with Crippen LogP contribution in [-0.4, -0.2) is 29.3 Å². The number of carbonyl (C=O) groups is 1. The molecule has 0 radical (unpaired) electrons. The molecule has 0 aromatic heterocycles. The summed E-state index contributed by atoms with van der Waals surface area (Å²) in [5.41, 5.74) is 0.966. The minimum Gasteiger partial charge on any atom is -0.298 e. The molecule has 1 aliphatic rings. The maximum absolute atomic E-state index is 12.1. The molecule has 2 rings (SSSR count). The summed E-state index contributed by atoms with van der Waals surface area (Å²) in [5, 5.41) is 0.627. The Morgan fingerprint density at radius 2 is 2.22 bits per heavy atom. The van der Waals surface area contributed by atoms with E-state index >= 15 is 0 Å². The normalized spacial score (nSPS) is 19.1. The van der Waals surface area contributed by atoms with Crippen molar-refractivity contribution >= 4 is 17.4 Å². The summed E-state index contributed by atoms with van der Waals surface area (Å²) < 4.78 is 0. The molecular formula is C15H20ClNO. The Bertz CT molecular complexity index is 442. The maximum Gasteiger partial charge on any atom is 0.164 e. The summed E-state index contributed by atoms with van der Waals surface area (Å²) in [6.07, 6.45) is 3.03. The van der Waals surface area contributed by atoms with E-state index in [0.29, 0.717) is 11.4 Å². The van der Waals surface area contributed by atoms with Crippen LogP contribution in [0.4, 0.5) is 0 Å². The first-order valence-electron chi connectivity index (χ1n) is 6.53. The highest BCUT2D eigenvalue weighted by molar-refractivity contribution is 6.31. The largest absolute Gasteiger partial charge is 0.298 e. The third kappa shape index (κ3) is 3.12. The molecule has 0 bridgehead atoms. The van der Waals surface area contributed by atoms with Crippen molar-refractivity contribution in [3.05, 3.63) is 34.9 Å². The number of hydrogen-bond acceptors (Lipinski definition) is 2. The van der Waals surface area contributed by atoms with Crippen LogP contribution in [-0.2, 0) is 0 Å². The standard InChI is InChI=1S/C15H20ClNO/c1-15(2)8-4-9-17(15)10-7-14(18)12-5-3-6-13(16)11-12/h3,5-6,11H,4,7-10H2,1-2H3. The molecule has 2 nitrogen and oxygen atoms in total. The van der Waals surface area contributed by atoms with Crippen LogP contribution in [0.25, 0.3) is 0 Å². The van der Waals surface area contributed by atoms with Crippen molar-refractivity contribution in [1.29, 1.82) is 0 Å². The number of carbonyl (C=O) groups excluding carboxylic acids is 1. The van der Waals surface area contributed by atoms with E-state index in [-0.39, 0.29) is 11.3 Å². The number of ketones is 1. The minimum atomic E-state index is 0.181. The van der Waals surface area contributed by atoms with Crippen LogP contribution >= 0.6 is 11.6 Å². The summed E-state index contributed by atoms with van der Waals surface area (Å²) in [5.74, 6) is 0.181. The van der Waals surface area contributed by atoms with Gasteiger partial charge in [-0.05, 0) is 45.4 Å². The second-order valence-corrected chi connectivity index (χ2v) is 6.02. The lowest BCUT2D eigenvalue weighted by molar-refractivity contribution is 0.0942. The number of halogens is 1. The predicted octanol–water partition coefficient (Wildman–Crippen LogP) is 3.79. The van der Waals surface area contributed by atoms with E-state index in [0.717, 1.165) is 18.7 Å². The van der Waals surface area contributed by atoms with Gasteiger partial charge in [0, 0.05) is 29.1 Å². The molecule has 3 heteroatoms. The first-order chi connectivity index (χ1) is 8.49. The maximum atomic E-state index is 12.1. The minimum absolute atomic E-state index is 0.181. The lowest BCUT2D eigenvalue weighted by Gasteiger charge is -2.31. The van der Waals surface area contributed by atoms with Crippen molar-refractivity contribution in [3.63, 3.8) is 0 Å². The molecular weight excluding hydrogens is 246 g/mol. The molecule has 1 aliphatic heterocycles. The number of rotatable bonds is 4. The van der Waals surface area contributed by atoms with Crippen molar-refractivity contribution < 1.29 is 4.79 Å². The van der Waals surface area contributed by atoms with Crippen LogP contribution in [0.5, 0.6) is 0 Å². The monoisotopic (exact) mass is 265 g/mol. The van der Waals surface area contributed by atoms with Crippen LogP contribution in [0.3, 0.4) is 0 Å². The molecule has 0 N–H and O–H groups in total. The molecule has 1 saturated heterocycles. The van der Waals surface area contributed by atoms with Gasteiger partial charge >= 0.3 is 0 Å². The topological polar surface area (TPSA) is 20.3 Å². The lowest BCUT2D eigenvalue weighted by Crippen LogP contribution is -2.39. The lowest BCUT2D eigenvalue weighted by atomic mass is 10.0. The summed E-state index contributed by atoms with van der Waals surface area (Å²) in [4.78, 5) is 14.5. The highest BCUT2D eigenvalue weighted by Gasteiger charge is 2.31. The fourth-order valence-corrected chi connectivity index (χ4v) is 2.81. The van der Waals surface area contributed by atoms with E-state index < -0.39 is 0 Å². The Balaban J connectivity index is 1.93. The van der Waals surface area contributed by atoms with Crippen LogP contribution < -0.4 is 0 Å². The van der Waals surface area contributed by atoms with E-state index in [2.05, 4.69) is 18.7 Å². The SMILES string of the molecule is CC1(C)CCCN1CCC(=O)c1cccc(Cl)c1. The Hall–Kier alpha value is -0.860. The second-order valence-electron chi connectivity index (χ2n) is 5.59. The zero-order valence-electron chi connectivity index (χ0n) is 11.1. The van der Waals surface area contributed by atoms with Gasteiger partial charge in [-0.25, -0.2) is 0 Å². The molecule has 0 spiro atoms. The van der Waals surface area contributed by atoms with Gasteiger partial charge in [0.05, 0.1) is 0 Å². The number of hydrogen-bond donors (Lipinski definition) is 0. The summed E-state index contributed by atoms with van der Waals surface area (Å²) in [6, 6.07) is 7.21. The van der Waals surface area contributed by atoms with Crippen LogP contribution in [0.2, 0.25) is 5.02 Å². The third-order valence-electron chi connectivity index (χ3n) is 3.83. The van der Waals surface area contributed by atoms with E-state index in [1.165, 1.54) is 12.8 Å². The molecule has 0 aliphatic carbocycles. The zero-order chi connectivity index (χ0) is 13.2. The Labute approximate surface area is 114 Å². The van der Waals surface area contributed by atoms with Gasteiger partial charge in [0.2, 0.25) is 0 Å². The zero-order valence-corrected chi connectivity index (χ0v) is 11.8. The molecule has 1 heterocycles. The molecule has 1 aromatic carbocycles. The van der Waals surface area contributed by atoms with Gasteiger partial charge in [0.25, 0.3) is 0 Å². The van der Waals surface area contributed by atoms with E-state index in [1.54, 1.807) is 12.1 Å². The molecule has 0 atom stereocenters. The smallest absolute Gasteiger partial charge is 0.164 e. The summed E-state index contributed by atoms with van der Waals surface area (Å²) in [6.45, 7) is 6.46. The van der Waals surface area contributed by atoms with Crippen molar-refractivity contribution in [2.24, 2.45) is 0 Å². The molecule has 0 saturated carbocycles. The highest BCUT2D eigenvalue weighted by Crippen LogP contribution is 2.28. The Morgan fingerprint density at radius 3 is 2.83 bits per heavy atom. The Morgan fingerprint density at radius 1 is 1.44 bits per heavy atom. The van der Waals surface area contributed by atoms with E-state index in [9.17, 15) is 4.79 Å². The molecule has 98 valence electrons. The molecule has 18 heavy (non-hydrogen) atoms.